The molecule has 0 amide bonds. The van der Waals surface area contributed by atoms with Crippen LogP contribution in [0.4, 0.5) is 0 Å². The summed E-state index contributed by atoms with van der Waals surface area (Å²) in [7, 11) is 0. The summed E-state index contributed by atoms with van der Waals surface area (Å²) in [6.07, 6.45) is 3.39. The zero-order chi connectivity index (χ0) is 15.1. The van der Waals surface area contributed by atoms with E-state index in [1.165, 1.54) is 24.3 Å². The van der Waals surface area contributed by atoms with Gasteiger partial charge in [-0.05, 0) is 24.3 Å². The highest BCUT2D eigenvalue weighted by molar-refractivity contribution is 7.98. The third-order valence-electron chi connectivity index (χ3n) is 4.61. The molecule has 1 aromatic rings. The Morgan fingerprint density at radius 2 is 1.91 bits per heavy atom. The van der Waals surface area contributed by atoms with Gasteiger partial charge >= 0.3 is 0 Å². The molecule has 2 saturated heterocycles. The quantitative estimate of drug-likeness (QED) is 0.750. The van der Waals surface area contributed by atoms with Gasteiger partial charge in [0, 0.05) is 44.9 Å². The van der Waals surface area contributed by atoms with Crippen molar-refractivity contribution in [2.45, 2.75) is 30.6 Å². The van der Waals surface area contributed by atoms with Crippen LogP contribution in [0, 0.1) is 0 Å². The molecule has 2 heterocycles. The zero-order valence-corrected chi connectivity index (χ0v) is 14.2. The van der Waals surface area contributed by atoms with Gasteiger partial charge < -0.3 is 9.47 Å². The van der Waals surface area contributed by atoms with Crippen molar-refractivity contribution in [3.05, 3.63) is 35.9 Å². The van der Waals surface area contributed by atoms with E-state index in [0.717, 1.165) is 51.5 Å². The van der Waals surface area contributed by atoms with Crippen LogP contribution in [0.25, 0.3) is 0 Å². The Bertz CT molecular complexity index is 428. The van der Waals surface area contributed by atoms with Gasteiger partial charge in [0.1, 0.15) is 0 Å². The molecule has 3 nitrogen and oxygen atoms in total. The largest absolute Gasteiger partial charge is 0.381 e. The third-order valence-corrected chi connectivity index (χ3v) is 5.72. The van der Waals surface area contributed by atoms with E-state index in [9.17, 15) is 0 Å². The number of hydrogen-bond acceptors (Lipinski definition) is 4. The number of ether oxygens (including phenoxy) is 2. The fourth-order valence-electron chi connectivity index (χ4n) is 3.31. The Hall–Kier alpha value is -0.550. The summed E-state index contributed by atoms with van der Waals surface area (Å²) in [5, 5.41) is 0. The molecule has 0 aromatic heterocycles. The molecule has 0 N–H and O–H groups in total. The summed E-state index contributed by atoms with van der Waals surface area (Å²) < 4.78 is 11.6. The topological polar surface area (TPSA) is 21.7 Å². The van der Waals surface area contributed by atoms with Gasteiger partial charge in [0.25, 0.3) is 0 Å². The minimum absolute atomic E-state index is 0.0910. The number of morpholine rings is 1. The lowest BCUT2D eigenvalue weighted by Crippen LogP contribution is -2.54. The summed E-state index contributed by atoms with van der Waals surface area (Å²) >= 11 is 2.04. The molecule has 1 spiro atoms. The van der Waals surface area contributed by atoms with Crippen LogP contribution in [0.1, 0.15) is 24.8 Å². The Morgan fingerprint density at radius 1 is 1.09 bits per heavy atom. The SMILES string of the molecule is c1ccc(CSCCCN2CCOC3(CCOCC3)C2)cc1. The fourth-order valence-corrected chi connectivity index (χ4v) is 4.22. The summed E-state index contributed by atoms with van der Waals surface area (Å²) in [5.74, 6) is 2.37. The smallest absolute Gasteiger partial charge is 0.0853 e. The molecule has 22 heavy (non-hydrogen) atoms. The highest BCUT2D eigenvalue weighted by atomic mass is 32.2. The Kier molecular flexibility index (Phi) is 6.19. The van der Waals surface area contributed by atoms with E-state index >= 15 is 0 Å². The lowest BCUT2D eigenvalue weighted by Gasteiger charge is -2.44. The number of nitrogens with zero attached hydrogens (tertiary/aromatic N) is 1. The first-order valence-electron chi connectivity index (χ1n) is 8.42. The van der Waals surface area contributed by atoms with Crippen LogP contribution in [0.5, 0.6) is 0 Å². The van der Waals surface area contributed by atoms with Crippen LogP contribution in [0.15, 0.2) is 30.3 Å². The number of rotatable bonds is 6. The first kappa shape index (κ1) is 16.3. The van der Waals surface area contributed by atoms with Crippen LogP contribution < -0.4 is 0 Å². The molecule has 0 unspecified atom stereocenters. The third kappa shape index (κ3) is 4.72. The molecule has 0 aliphatic carbocycles. The van der Waals surface area contributed by atoms with Crippen molar-refractivity contribution in [2.75, 3.05) is 45.2 Å². The predicted octanol–water partition coefficient (Wildman–Crippen LogP) is 3.19. The summed E-state index contributed by atoms with van der Waals surface area (Å²) in [6.45, 7) is 6.00. The van der Waals surface area contributed by atoms with E-state index in [-0.39, 0.29) is 5.60 Å². The Balaban J connectivity index is 1.33. The molecular formula is C18H27NO2S. The van der Waals surface area contributed by atoms with Gasteiger partial charge in [-0.2, -0.15) is 11.8 Å². The standard InChI is InChI=1S/C18H27NO2S/c1-2-5-17(6-3-1)15-22-14-4-9-19-10-13-21-18(16-19)7-11-20-12-8-18/h1-3,5-6H,4,7-16H2. The van der Waals surface area contributed by atoms with Gasteiger partial charge in [-0.3, -0.25) is 4.90 Å². The maximum atomic E-state index is 6.10. The van der Waals surface area contributed by atoms with E-state index in [1.54, 1.807) is 0 Å². The van der Waals surface area contributed by atoms with E-state index < -0.39 is 0 Å². The van der Waals surface area contributed by atoms with Gasteiger partial charge in [-0.1, -0.05) is 30.3 Å². The average molecular weight is 321 g/mol. The van der Waals surface area contributed by atoms with E-state index in [0.29, 0.717) is 0 Å². The predicted molar refractivity (Wildman–Crippen MR) is 92.4 cm³/mol. The zero-order valence-electron chi connectivity index (χ0n) is 13.3. The molecule has 0 radical (unpaired) electrons. The van der Waals surface area contributed by atoms with Crippen LogP contribution >= 0.6 is 11.8 Å². The van der Waals surface area contributed by atoms with Crippen LogP contribution in [-0.2, 0) is 15.2 Å². The molecule has 2 fully saturated rings. The summed E-state index contributed by atoms with van der Waals surface area (Å²) in [4.78, 5) is 2.60. The van der Waals surface area contributed by atoms with Crippen LogP contribution in [-0.4, -0.2) is 55.7 Å². The lowest BCUT2D eigenvalue weighted by molar-refractivity contribution is -0.153. The molecule has 2 aliphatic heterocycles. The second-order valence-corrected chi connectivity index (χ2v) is 7.42. The first-order chi connectivity index (χ1) is 10.9. The lowest BCUT2D eigenvalue weighted by atomic mass is 9.92. The molecule has 122 valence electrons. The molecular weight excluding hydrogens is 294 g/mol. The molecule has 3 rings (SSSR count). The molecule has 0 bridgehead atoms. The van der Waals surface area contributed by atoms with Crippen molar-refractivity contribution in [3.63, 3.8) is 0 Å². The van der Waals surface area contributed by atoms with Gasteiger partial charge in [-0.25, -0.2) is 0 Å². The van der Waals surface area contributed by atoms with Crippen molar-refractivity contribution in [2.24, 2.45) is 0 Å². The van der Waals surface area contributed by atoms with Crippen LogP contribution in [0.3, 0.4) is 0 Å². The van der Waals surface area contributed by atoms with Gasteiger partial charge in [0.15, 0.2) is 0 Å². The number of benzene rings is 1. The molecule has 2 aliphatic rings. The van der Waals surface area contributed by atoms with Crippen molar-refractivity contribution >= 4 is 11.8 Å². The van der Waals surface area contributed by atoms with Gasteiger partial charge in [-0.15, -0.1) is 0 Å². The van der Waals surface area contributed by atoms with Crippen molar-refractivity contribution in [1.82, 2.24) is 4.90 Å². The van der Waals surface area contributed by atoms with E-state index in [4.69, 9.17) is 9.47 Å². The number of thioether (sulfide) groups is 1. The minimum atomic E-state index is 0.0910. The minimum Gasteiger partial charge on any atom is -0.381 e. The Labute approximate surface area is 138 Å². The monoisotopic (exact) mass is 321 g/mol. The summed E-state index contributed by atoms with van der Waals surface area (Å²) in [6, 6.07) is 10.8. The van der Waals surface area contributed by atoms with E-state index in [1.807, 2.05) is 11.8 Å². The molecule has 1 aromatic carbocycles. The van der Waals surface area contributed by atoms with Gasteiger partial charge in [0.05, 0.1) is 12.2 Å². The Morgan fingerprint density at radius 3 is 2.73 bits per heavy atom. The van der Waals surface area contributed by atoms with Gasteiger partial charge in [0.2, 0.25) is 0 Å². The maximum Gasteiger partial charge on any atom is 0.0853 e. The maximum absolute atomic E-state index is 6.10. The van der Waals surface area contributed by atoms with Crippen molar-refractivity contribution in [3.8, 4) is 0 Å². The molecule has 4 heteroatoms. The summed E-state index contributed by atoms with van der Waals surface area (Å²) in [5.41, 5.74) is 1.52. The fraction of sp³-hybridized carbons (Fsp3) is 0.667. The van der Waals surface area contributed by atoms with E-state index in [2.05, 4.69) is 35.2 Å². The molecule has 0 saturated carbocycles. The van der Waals surface area contributed by atoms with Crippen molar-refractivity contribution in [1.29, 1.82) is 0 Å². The van der Waals surface area contributed by atoms with Crippen LogP contribution in [0.2, 0.25) is 0 Å². The second kappa shape index (κ2) is 8.34. The highest BCUT2D eigenvalue weighted by Crippen LogP contribution is 2.29. The normalized spacial score (nSPS) is 22.0. The van der Waals surface area contributed by atoms with Crippen molar-refractivity contribution < 1.29 is 9.47 Å². The highest BCUT2D eigenvalue weighted by Gasteiger charge is 2.37. The second-order valence-electron chi connectivity index (χ2n) is 6.31. The average Bonchev–Trinajstić information content (AvgIpc) is 2.56. The molecule has 0 atom stereocenters. The first-order valence-corrected chi connectivity index (χ1v) is 9.58. The number of hydrogen-bond donors (Lipinski definition) is 0.